The lowest BCUT2D eigenvalue weighted by atomic mass is 9.50. The Morgan fingerprint density at radius 3 is 1.75 bits per heavy atom. The van der Waals surface area contributed by atoms with Crippen molar-refractivity contribution >= 4 is 29.8 Å². The molecule has 7 saturated carbocycles. The van der Waals surface area contributed by atoms with Gasteiger partial charge in [-0.25, -0.2) is 4.79 Å². The lowest BCUT2D eigenvalue weighted by Gasteiger charge is -2.62. The zero-order valence-corrected chi connectivity index (χ0v) is 45.8. The standard InChI is InChI=1S/C18H26O6.C16H26O4.C14H26O2.C10H14O/c1-4-18(2,3)17(21)22-9-14(19)24-15-11-5-10-6-12(8-11)16(20)23-13(15)7-10;1-4-13(2,3)12(17)20-16-7-11-5-14(18,9-16)8-15(19,6-11)10-16;1-6-13(4,5)12(15)16-14(11(2)3)9-7-8-10-14;1-3-8(2)9-4-6-10(11)7-5-9/h10-13,15H,4-9H2,1-3H3;11,18-19H,4-10H2,1-3H3;11H,6-10H2,1-5H3;4-8,11H,3H2,1-2H3. The Labute approximate surface area is 425 Å². The number of rotatable bonds is 14. The van der Waals surface area contributed by atoms with Crippen LogP contribution in [-0.2, 0) is 47.7 Å². The van der Waals surface area contributed by atoms with Crippen LogP contribution in [0.3, 0.4) is 0 Å². The van der Waals surface area contributed by atoms with Crippen LogP contribution in [-0.4, -0.2) is 86.4 Å². The van der Waals surface area contributed by atoms with E-state index >= 15 is 0 Å². The van der Waals surface area contributed by atoms with Crippen LogP contribution in [0.1, 0.15) is 217 Å². The summed E-state index contributed by atoms with van der Waals surface area (Å²) in [7, 11) is 0. The van der Waals surface area contributed by atoms with Gasteiger partial charge in [-0.1, -0.05) is 60.6 Å². The molecule has 0 radical (unpaired) electrons. The van der Waals surface area contributed by atoms with E-state index in [4.69, 9.17) is 28.8 Å². The summed E-state index contributed by atoms with van der Waals surface area (Å²) in [4.78, 5) is 60.6. The van der Waals surface area contributed by atoms with E-state index in [9.17, 15) is 34.2 Å². The van der Waals surface area contributed by atoms with Crippen molar-refractivity contribution in [2.24, 2.45) is 45.8 Å². The van der Waals surface area contributed by atoms with Gasteiger partial charge >= 0.3 is 29.8 Å². The Hall–Kier alpha value is -3.71. The summed E-state index contributed by atoms with van der Waals surface area (Å²) in [5.74, 6) is 0.902. The third-order valence-corrected chi connectivity index (χ3v) is 17.9. The molecule has 1 aromatic carbocycles. The number of carbonyl (C=O) groups is 5. The Bertz CT molecular complexity index is 1980. The minimum atomic E-state index is -0.842. The largest absolute Gasteiger partial charge is 0.508 e. The highest BCUT2D eigenvalue weighted by molar-refractivity contribution is 5.80. The lowest BCUT2D eigenvalue weighted by Crippen LogP contribution is -2.67. The van der Waals surface area contributed by atoms with Gasteiger partial charge in [-0.3, -0.25) is 19.2 Å². The molecule has 13 heteroatoms. The minimum absolute atomic E-state index is 0.0226. The molecule has 8 atom stereocenters. The van der Waals surface area contributed by atoms with E-state index in [-0.39, 0.29) is 59.4 Å². The first-order valence-corrected chi connectivity index (χ1v) is 27.2. The molecule has 71 heavy (non-hydrogen) atoms. The molecule has 10 rings (SSSR count). The van der Waals surface area contributed by atoms with Gasteiger partial charge < -0.3 is 39.0 Å². The Morgan fingerprint density at radius 2 is 1.24 bits per heavy atom. The average Bonchev–Trinajstić information content (AvgIpc) is 3.72. The molecule has 2 saturated heterocycles. The van der Waals surface area contributed by atoms with Gasteiger partial charge in [0.1, 0.15) is 29.2 Å². The van der Waals surface area contributed by atoms with E-state index in [0.29, 0.717) is 49.2 Å². The van der Waals surface area contributed by atoms with Crippen molar-refractivity contribution in [1.82, 2.24) is 0 Å². The second kappa shape index (κ2) is 22.8. The van der Waals surface area contributed by atoms with Gasteiger partial charge in [-0.15, -0.1) is 0 Å². The van der Waals surface area contributed by atoms with Gasteiger partial charge in [-0.05, 0) is 179 Å². The summed E-state index contributed by atoms with van der Waals surface area (Å²) in [6, 6.07) is 7.43. The van der Waals surface area contributed by atoms with Gasteiger partial charge in [0.2, 0.25) is 0 Å². The number of carbonyl (C=O) groups excluding carboxylic acids is 5. The number of hydrogen-bond acceptors (Lipinski definition) is 13. The number of ether oxygens (including phenoxy) is 5. The summed E-state index contributed by atoms with van der Waals surface area (Å²) in [6.45, 7) is 25.5. The Balaban J connectivity index is 0.000000182. The molecule has 9 aliphatic rings. The molecule has 13 nitrogen and oxygen atoms in total. The third kappa shape index (κ3) is 14.3. The van der Waals surface area contributed by atoms with Crippen molar-refractivity contribution in [2.75, 3.05) is 6.61 Å². The summed E-state index contributed by atoms with van der Waals surface area (Å²) in [5.41, 5.74) is -2.68. The van der Waals surface area contributed by atoms with Crippen LogP contribution in [0.4, 0.5) is 0 Å². The number of esters is 5. The first-order chi connectivity index (χ1) is 33.0. The fraction of sp³-hybridized carbons (Fsp3) is 0.810. The number of aliphatic hydroxyl groups is 2. The van der Waals surface area contributed by atoms with Crippen LogP contribution >= 0.6 is 0 Å². The van der Waals surface area contributed by atoms with Crippen molar-refractivity contribution in [2.45, 2.75) is 246 Å². The second-order valence-corrected chi connectivity index (χ2v) is 25.2. The van der Waals surface area contributed by atoms with Crippen molar-refractivity contribution in [3.8, 4) is 5.75 Å². The number of phenols is 1. The average molecular weight is 997 g/mol. The predicted molar refractivity (Wildman–Crippen MR) is 271 cm³/mol. The normalized spacial score (nSPS) is 31.3. The maximum absolute atomic E-state index is 12.4. The van der Waals surface area contributed by atoms with Gasteiger partial charge in [0.05, 0.1) is 33.4 Å². The topological polar surface area (TPSA) is 192 Å². The fourth-order valence-electron chi connectivity index (χ4n) is 12.2. The maximum Gasteiger partial charge on any atom is 0.344 e. The molecule has 9 fully saturated rings. The smallest absolute Gasteiger partial charge is 0.344 e. The first-order valence-electron chi connectivity index (χ1n) is 27.2. The van der Waals surface area contributed by atoms with Crippen LogP contribution in [0.25, 0.3) is 0 Å². The number of fused-ring (bicyclic) bond motifs is 1. The van der Waals surface area contributed by atoms with E-state index in [2.05, 4.69) is 27.7 Å². The van der Waals surface area contributed by atoms with Gasteiger partial charge in [0.25, 0.3) is 0 Å². The molecule has 7 aliphatic carbocycles. The molecule has 402 valence electrons. The van der Waals surface area contributed by atoms with Gasteiger partial charge in [0.15, 0.2) is 6.61 Å². The van der Waals surface area contributed by atoms with Crippen molar-refractivity contribution < 1.29 is 63.0 Å². The minimum Gasteiger partial charge on any atom is -0.508 e. The quantitative estimate of drug-likeness (QED) is 0.118. The van der Waals surface area contributed by atoms with E-state index < -0.39 is 45.7 Å². The number of aromatic hydroxyl groups is 1. The summed E-state index contributed by atoms with van der Waals surface area (Å²) in [5, 5.41) is 30.3. The molecule has 8 bridgehead atoms. The van der Waals surface area contributed by atoms with E-state index in [1.807, 2.05) is 60.6 Å². The van der Waals surface area contributed by atoms with Crippen LogP contribution in [0.15, 0.2) is 24.3 Å². The summed E-state index contributed by atoms with van der Waals surface area (Å²) in [6.07, 6.45) is 14.1. The molecule has 8 unspecified atom stereocenters. The number of phenolic OH excluding ortho intramolecular Hbond substituents is 1. The fourth-order valence-corrected chi connectivity index (χ4v) is 12.2. The monoisotopic (exact) mass is 997 g/mol. The molecule has 1 aromatic rings. The Morgan fingerprint density at radius 1 is 0.704 bits per heavy atom. The zero-order valence-electron chi connectivity index (χ0n) is 45.8. The van der Waals surface area contributed by atoms with Crippen molar-refractivity contribution in [3.05, 3.63) is 29.8 Å². The predicted octanol–water partition coefficient (Wildman–Crippen LogP) is 11.2. The highest BCUT2D eigenvalue weighted by atomic mass is 16.6. The van der Waals surface area contributed by atoms with E-state index in [1.165, 1.54) is 18.4 Å². The van der Waals surface area contributed by atoms with Crippen LogP contribution < -0.4 is 0 Å². The zero-order chi connectivity index (χ0) is 53.0. The number of benzene rings is 1. The molecule has 2 heterocycles. The van der Waals surface area contributed by atoms with Crippen LogP contribution in [0, 0.1) is 45.8 Å². The maximum atomic E-state index is 12.4. The molecule has 0 spiro atoms. The van der Waals surface area contributed by atoms with E-state index in [0.717, 1.165) is 77.0 Å². The Kier molecular flexibility index (Phi) is 18.7. The molecule has 2 aliphatic heterocycles. The third-order valence-electron chi connectivity index (χ3n) is 17.9. The van der Waals surface area contributed by atoms with Crippen molar-refractivity contribution in [3.63, 3.8) is 0 Å². The first kappa shape index (κ1) is 58.2. The van der Waals surface area contributed by atoms with Gasteiger partial charge in [0, 0.05) is 25.2 Å². The highest BCUT2D eigenvalue weighted by Gasteiger charge is 2.65. The second-order valence-electron chi connectivity index (χ2n) is 25.2. The lowest BCUT2D eigenvalue weighted by molar-refractivity contribution is -0.264. The summed E-state index contributed by atoms with van der Waals surface area (Å²) >= 11 is 0. The molecular formula is C58H92O13. The molecule has 3 N–H and O–H groups in total. The number of hydrogen-bond donors (Lipinski definition) is 3. The van der Waals surface area contributed by atoms with E-state index in [1.54, 1.807) is 26.0 Å². The van der Waals surface area contributed by atoms with Crippen LogP contribution in [0.5, 0.6) is 5.75 Å². The molecule has 0 aromatic heterocycles. The highest BCUT2D eigenvalue weighted by Crippen LogP contribution is 2.61. The summed E-state index contributed by atoms with van der Waals surface area (Å²) < 4.78 is 27.9. The van der Waals surface area contributed by atoms with Gasteiger partial charge in [-0.2, -0.15) is 0 Å². The molecular weight excluding hydrogens is 905 g/mol. The van der Waals surface area contributed by atoms with Crippen molar-refractivity contribution in [1.29, 1.82) is 0 Å². The molecule has 0 amide bonds. The SMILES string of the molecule is CCC(C)(C)C(=O)OC1(C(C)C)CCCC1.CCC(C)(C)C(=O)OC12CC3CC(O)(CC(O)(C3)C1)C2.CCC(C)(C)C(=O)OCC(=O)OC1C2CC3CC(C2)C(=O)OC1C3.CCC(C)c1ccc(O)cc1. The van der Waals surface area contributed by atoms with Crippen LogP contribution in [0.2, 0.25) is 0 Å².